The SMILES string of the molecule is CC1(C)OC2C(CO)CC(Nc3ncncc3C(=O)c3ccn[nH]3)C2O1. The molecule has 4 rings (SSSR count). The number of anilines is 1. The molecule has 0 spiro atoms. The Morgan fingerprint density at radius 1 is 1.42 bits per heavy atom. The molecule has 2 fully saturated rings. The van der Waals surface area contributed by atoms with Crippen molar-refractivity contribution in [1.82, 2.24) is 20.2 Å². The Labute approximate surface area is 150 Å². The molecule has 2 aromatic heterocycles. The Morgan fingerprint density at radius 3 is 2.96 bits per heavy atom. The van der Waals surface area contributed by atoms with Gasteiger partial charge in [-0.1, -0.05) is 0 Å². The third-order valence-corrected chi connectivity index (χ3v) is 4.84. The van der Waals surface area contributed by atoms with Gasteiger partial charge in [0.05, 0.1) is 17.7 Å². The Morgan fingerprint density at radius 2 is 2.23 bits per heavy atom. The fraction of sp³-hybridized carbons (Fsp3) is 0.529. The molecule has 0 radical (unpaired) electrons. The summed E-state index contributed by atoms with van der Waals surface area (Å²) >= 11 is 0. The molecule has 2 aliphatic rings. The molecule has 1 aliphatic carbocycles. The highest BCUT2D eigenvalue weighted by Gasteiger charge is 2.53. The Kier molecular flexibility index (Phi) is 4.22. The van der Waals surface area contributed by atoms with Crippen LogP contribution in [0.2, 0.25) is 0 Å². The maximum Gasteiger partial charge on any atom is 0.216 e. The third-order valence-electron chi connectivity index (χ3n) is 4.84. The third kappa shape index (κ3) is 2.98. The number of aliphatic hydroxyl groups excluding tert-OH is 1. The average molecular weight is 359 g/mol. The van der Waals surface area contributed by atoms with Gasteiger partial charge in [-0.2, -0.15) is 5.10 Å². The van der Waals surface area contributed by atoms with Gasteiger partial charge in [0, 0.05) is 24.9 Å². The van der Waals surface area contributed by atoms with Gasteiger partial charge >= 0.3 is 0 Å². The lowest BCUT2D eigenvalue weighted by molar-refractivity contribution is -0.158. The van der Waals surface area contributed by atoms with Crippen LogP contribution in [0.15, 0.2) is 24.8 Å². The zero-order valence-electron chi connectivity index (χ0n) is 14.5. The Bertz CT molecular complexity index is 794. The van der Waals surface area contributed by atoms with Crippen molar-refractivity contribution >= 4 is 11.6 Å². The summed E-state index contributed by atoms with van der Waals surface area (Å²) in [6.07, 6.45) is 4.61. The molecule has 2 aromatic rings. The number of aromatic nitrogens is 4. The highest BCUT2D eigenvalue weighted by molar-refractivity contribution is 6.10. The molecule has 0 bridgehead atoms. The molecule has 26 heavy (non-hydrogen) atoms. The molecule has 9 heteroatoms. The summed E-state index contributed by atoms with van der Waals surface area (Å²) in [5.41, 5.74) is 0.709. The van der Waals surface area contributed by atoms with E-state index in [0.717, 1.165) is 0 Å². The van der Waals surface area contributed by atoms with Gasteiger partial charge in [-0.3, -0.25) is 9.89 Å². The molecule has 1 saturated heterocycles. The Balaban J connectivity index is 1.59. The fourth-order valence-corrected chi connectivity index (χ4v) is 3.72. The summed E-state index contributed by atoms with van der Waals surface area (Å²) in [5, 5.41) is 19.5. The summed E-state index contributed by atoms with van der Waals surface area (Å²) < 4.78 is 12.0. The van der Waals surface area contributed by atoms with Crippen molar-refractivity contribution in [1.29, 1.82) is 0 Å². The number of rotatable bonds is 5. The summed E-state index contributed by atoms with van der Waals surface area (Å²) in [7, 11) is 0. The fourth-order valence-electron chi connectivity index (χ4n) is 3.72. The molecule has 1 saturated carbocycles. The molecule has 9 nitrogen and oxygen atoms in total. The lowest BCUT2D eigenvalue weighted by Gasteiger charge is -2.24. The zero-order chi connectivity index (χ0) is 18.3. The van der Waals surface area contributed by atoms with Crippen molar-refractivity contribution in [3.63, 3.8) is 0 Å². The first-order valence-corrected chi connectivity index (χ1v) is 8.55. The maximum atomic E-state index is 12.7. The maximum absolute atomic E-state index is 12.7. The van der Waals surface area contributed by atoms with Crippen molar-refractivity contribution in [2.24, 2.45) is 5.92 Å². The number of hydrogen-bond donors (Lipinski definition) is 3. The van der Waals surface area contributed by atoms with Crippen molar-refractivity contribution in [2.75, 3.05) is 11.9 Å². The van der Waals surface area contributed by atoms with Crippen molar-refractivity contribution in [3.8, 4) is 0 Å². The number of carbonyl (C=O) groups excluding carboxylic acids is 1. The van der Waals surface area contributed by atoms with Crippen LogP contribution < -0.4 is 5.32 Å². The van der Waals surface area contributed by atoms with E-state index in [-0.39, 0.29) is 36.6 Å². The molecular formula is C17H21N5O4. The van der Waals surface area contributed by atoms with E-state index in [1.807, 2.05) is 13.8 Å². The summed E-state index contributed by atoms with van der Waals surface area (Å²) in [5.74, 6) is -0.561. The first-order chi connectivity index (χ1) is 12.5. The van der Waals surface area contributed by atoms with Gasteiger partial charge < -0.3 is 19.9 Å². The number of H-pyrrole nitrogens is 1. The minimum Gasteiger partial charge on any atom is -0.396 e. The molecule has 1 aliphatic heterocycles. The number of ether oxygens (including phenoxy) is 2. The van der Waals surface area contributed by atoms with Crippen LogP contribution in [0.1, 0.15) is 36.3 Å². The van der Waals surface area contributed by atoms with Crippen LogP contribution in [-0.4, -0.2) is 61.7 Å². The van der Waals surface area contributed by atoms with Gasteiger partial charge in [0.1, 0.15) is 23.9 Å². The van der Waals surface area contributed by atoms with Crippen LogP contribution in [0.3, 0.4) is 0 Å². The number of carbonyl (C=O) groups is 1. The predicted octanol–water partition coefficient (Wildman–Crippen LogP) is 0.743. The topological polar surface area (TPSA) is 122 Å². The van der Waals surface area contributed by atoms with Gasteiger partial charge in [0.25, 0.3) is 0 Å². The van der Waals surface area contributed by atoms with E-state index in [4.69, 9.17) is 9.47 Å². The number of fused-ring (bicyclic) bond motifs is 1. The number of nitrogens with zero attached hydrogens (tertiary/aromatic N) is 3. The lowest BCUT2D eigenvalue weighted by atomic mass is 10.1. The van der Waals surface area contributed by atoms with E-state index in [1.54, 1.807) is 6.07 Å². The molecule has 3 N–H and O–H groups in total. The van der Waals surface area contributed by atoms with E-state index in [1.165, 1.54) is 18.7 Å². The standard InChI is InChI=1S/C17H21N5O4/c1-17(2)25-14-9(7-23)5-12(15(14)26-17)21-16-10(6-18-8-19-16)13(24)11-3-4-20-22-11/h3-4,6,8-9,12,14-15,23H,5,7H2,1-2H3,(H,20,22)(H,18,19,21). The molecule has 4 unspecified atom stereocenters. The monoisotopic (exact) mass is 359 g/mol. The summed E-state index contributed by atoms with van der Waals surface area (Å²) in [6, 6.07) is 1.46. The number of ketones is 1. The van der Waals surface area contributed by atoms with Gasteiger partial charge in [-0.15, -0.1) is 0 Å². The van der Waals surface area contributed by atoms with E-state index in [9.17, 15) is 9.90 Å². The van der Waals surface area contributed by atoms with E-state index in [2.05, 4.69) is 25.5 Å². The van der Waals surface area contributed by atoms with Crippen molar-refractivity contribution in [3.05, 3.63) is 36.0 Å². The number of aliphatic hydroxyl groups is 1. The smallest absolute Gasteiger partial charge is 0.216 e. The van der Waals surface area contributed by atoms with Crippen molar-refractivity contribution < 1.29 is 19.4 Å². The number of nitrogens with one attached hydrogen (secondary N) is 2. The van der Waals surface area contributed by atoms with Gasteiger partial charge in [-0.25, -0.2) is 9.97 Å². The number of hydrogen-bond acceptors (Lipinski definition) is 8. The quantitative estimate of drug-likeness (QED) is 0.668. The minimum atomic E-state index is -0.705. The van der Waals surface area contributed by atoms with Crippen molar-refractivity contribution in [2.45, 2.75) is 44.3 Å². The van der Waals surface area contributed by atoms with Crippen LogP contribution in [-0.2, 0) is 9.47 Å². The second-order valence-corrected chi connectivity index (χ2v) is 7.08. The largest absolute Gasteiger partial charge is 0.396 e. The summed E-state index contributed by atoms with van der Waals surface area (Å²) in [6.45, 7) is 3.73. The minimum absolute atomic E-state index is 0.0164. The zero-order valence-corrected chi connectivity index (χ0v) is 14.5. The molecule has 4 atom stereocenters. The Hall–Kier alpha value is -2.36. The first kappa shape index (κ1) is 17.1. The van der Waals surface area contributed by atoms with Crippen LogP contribution in [0, 0.1) is 5.92 Å². The lowest BCUT2D eigenvalue weighted by Crippen LogP contribution is -2.35. The second kappa shape index (κ2) is 6.42. The predicted molar refractivity (Wildman–Crippen MR) is 90.5 cm³/mol. The summed E-state index contributed by atoms with van der Waals surface area (Å²) in [4.78, 5) is 20.9. The highest BCUT2D eigenvalue weighted by atomic mass is 16.8. The van der Waals surface area contributed by atoms with E-state index < -0.39 is 5.79 Å². The molecule has 0 aromatic carbocycles. The molecule has 0 amide bonds. The first-order valence-electron chi connectivity index (χ1n) is 8.55. The second-order valence-electron chi connectivity index (χ2n) is 7.08. The van der Waals surface area contributed by atoms with E-state index in [0.29, 0.717) is 23.5 Å². The van der Waals surface area contributed by atoms with Crippen LogP contribution in [0.5, 0.6) is 0 Å². The average Bonchev–Trinajstić information content (AvgIpc) is 3.31. The normalized spacial score (nSPS) is 29.5. The van der Waals surface area contributed by atoms with Gasteiger partial charge in [-0.05, 0) is 26.3 Å². The van der Waals surface area contributed by atoms with Gasteiger partial charge in [0.15, 0.2) is 5.79 Å². The van der Waals surface area contributed by atoms with E-state index >= 15 is 0 Å². The van der Waals surface area contributed by atoms with Gasteiger partial charge in [0.2, 0.25) is 5.78 Å². The number of aromatic amines is 1. The highest BCUT2D eigenvalue weighted by Crippen LogP contribution is 2.42. The van der Waals surface area contributed by atoms with Crippen LogP contribution in [0.4, 0.5) is 5.82 Å². The molecule has 3 heterocycles. The molecular weight excluding hydrogens is 338 g/mol. The van der Waals surface area contributed by atoms with Crippen LogP contribution in [0.25, 0.3) is 0 Å². The van der Waals surface area contributed by atoms with Crippen LogP contribution >= 0.6 is 0 Å². The molecule has 138 valence electrons.